The zero-order valence-electron chi connectivity index (χ0n) is 14.5. The lowest BCUT2D eigenvalue weighted by Gasteiger charge is -2.25. The first kappa shape index (κ1) is 16.5. The van der Waals surface area contributed by atoms with E-state index in [1.807, 2.05) is 0 Å². The largest absolute Gasteiger partial charge is 0.335 e. The molecule has 1 aromatic rings. The van der Waals surface area contributed by atoms with Gasteiger partial charge in [-0.1, -0.05) is 44.5 Å². The van der Waals surface area contributed by atoms with Crippen molar-refractivity contribution in [3.05, 3.63) is 35.4 Å². The van der Waals surface area contributed by atoms with Crippen LogP contribution in [-0.2, 0) is 11.3 Å². The lowest BCUT2D eigenvalue weighted by atomic mass is 9.99. The number of amides is 1. The van der Waals surface area contributed by atoms with Crippen LogP contribution >= 0.6 is 0 Å². The maximum atomic E-state index is 12.8. The lowest BCUT2D eigenvalue weighted by molar-refractivity contribution is -0.133. The van der Waals surface area contributed by atoms with Gasteiger partial charge in [0.05, 0.1) is 0 Å². The number of hydrogen-bond donors (Lipinski definition) is 1. The third-order valence-corrected chi connectivity index (χ3v) is 5.46. The van der Waals surface area contributed by atoms with Crippen molar-refractivity contribution in [3.8, 4) is 0 Å². The van der Waals surface area contributed by atoms with Crippen molar-refractivity contribution in [1.29, 1.82) is 0 Å². The monoisotopic (exact) mass is 314 g/mol. The predicted octanol–water partition coefficient (Wildman–Crippen LogP) is 3.82. The highest BCUT2D eigenvalue weighted by Crippen LogP contribution is 2.32. The molecule has 2 aliphatic carbocycles. The van der Waals surface area contributed by atoms with Gasteiger partial charge < -0.3 is 10.6 Å². The molecule has 2 N–H and O–H groups in total. The zero-order chi connectivity index (χ0) is 16.4. The Labute approximate surface area is 140 Å². The molecule has 2 fully saturated rings. The summed E-state index contributed by atoms with van der Waals surface area (Å²) in [6, 6.07) is 9.44. The molecule has 23 heavy (non-hydrogen) atoms. The zero-order valence-corrected chi connectivity index (χ0v) is 14.5. The summed E-state index contributed by atoms with van der Waals surface area (Å²) >= 11 is 0. The number of carbonyl (C=O) groups excluding carboxylic acids is 1. The Hall–Kier alpha value is -1.35. The minimum atomic E-state index is 0.227. The number of rotatable bonds is 6. The van der Waals surface area contributed by atoms with Crippen molar-refractivity contribution in [1.82, 2.24) is 4.90 Å². The molecule has 0 bridgehead atoms. The van der Waals surface area contributed by atoms with Crippen LogP contribution in [0, 0.1) is 5.92 Å². The van der Waals surface area contributed by atoms with Gasteiger partial charge in [-0.25, -0.2) is 0 Å². The molecule has 0 heterocycles. The fraction of sp³-hybridized carbons (Fsp3) is 0.650. The molecule has 0 saturated heterocycles. The molecule has 3 heteroatoms. The second kappa shape index (κ2) is 7.04. The molecule has 1 amide bonds. The Morgan fingerprint density at radius 3 is 2.39 bits per heavy atom. The van der Waals surface area contributed by atoms with Crippen molar-refractivity contribution < 1.29 is 4.79 Å². The van der Waals surface area contributed by atoms with Crippen LogP contribution in [-0.4, -0.2) is 22.9 Å². The van der Waals surface area contributed by atoms with E-state index in [9.17, 15) is 4.79 Å². The molecule has 3 rings (SSSR count). The molecule has 0 aliphatic heterocycles. The van der Waals surface area contributed by atoms with Crippen LogP contribution in [0.5, 0.6) is 0 Å². The molecule has 2 atom stereocenters. The number of nitrogens with zero attached hydrogens (tertiary/aromatic N) is 1. The second-order valence-electron chi connectivity index (χ2n) is 7.71. The van der Waals surface area contributed by atoms with E-state index in [1.54, 1.807) is 0 Å². The summed E-state index contributed by atoms with van der Waals surface area (Å²) in [5.74, 6) is 1.25. The summed E-state index contributed by atoms with van der Waals surface area (Å²) in [5, 5.41) is 0. The lowest BCUT2D eigenvalue weighted by Crippen LogP contribution is -2.36. The van der Waals surface area contributed by atoms with Gasteiger partial charge in [0, 0.05) is 25.0 Å². The third kappa shape index (κ3) is 4.14. The van der Waals surface area contributed by atoms with Gasteiger partial charge in [-0.2, -0.15) is 0 Å². The molecule has 0 aromatic heterocycles. The third-order valence-electron chi connectivity index (χ3n) is 5.46. The fourth-order valence-corrected chi connectivity index (χ4v) is 3.67. The maximum absolute atomic E-state index is 12.8. The molecule has 126 valence electrons. The smallest absolute Gasteiger partial charge is 0.223 e. The number of nitrogens with two attached hydrogens (primary N) is 1. The van der Waals surface area contributed by atoms with Crippen molar-refractivity contribution in [2.24, 2.45) is 11.7 Å². The fourth-order valence-electron chi connectivity index (χ4n) is 3.67. The number of hydrogen-bond acceptors (Lipinski definition) is 2. The minimum absolute atomic E-state index is 0.227. The Kier molecular flexibility index (Phi) is 5.05. The Balaban J connectivity index is 1.63. The predicted molar refractivity (Wildman–Crippen MR) is 94.0 cm³/mol. The normalized spacial score (nSPS) is 24.2. The molecule has 3 nitrogen and oxygen atoms in total. The minimum Gasteiger partial charge on any atom is -0.335 e. The van der Waals surface area contributed by atoms with E-state index in [2.05, 4.69) is 43.0 Å². The van der Waals surface area contributed by atoms with Gasteiger partial charge in [0.2, 0.25) is 5.91 Å². The van der Waals surface area contributed by atoms with Crippen molar-refractivity contribution >= 4 is 5.91 Å². The van der Waals surface area contributed by atoms with Crippen molar-refractivity contribution in [2.45, 2.75) is 76.9 Å². The van der Waals surface area contributed by atoms with E-state index in [1.165, 1.54) is 17.5 Å². The summed E-state index contributed by atoms with van der Waals surface area (Å²) in [6.07, 6.45) is 6.34. The van der Waals surface area contributed by atoms with Crippen LogP contribution in [0.25, 0.3) is 0 Å². The molecule has 0 spiro atoms. The number of carbonyl (C=O) groups is 1. The highest BCUT2D eigenvalue weighted by atomic mass is 16.2. The summed E-state index contributed by atoms with van der Waals surface area (Å²) < 4.78 is 0. The molecular formula is C20H30N2O. The number of benzene rings is 1. The van der Waals surface area contributed by atoms with E-state index in [4.69, 9.17) is 5.73 Å². The van der Waals surface area contributed by atoms with Gasteiger partial charge in [-0.15, -0.1) is 0 Å². The van der Waals surface area contributed by atoms with Crippen LogP contribution < -0.4 is 5.73 Å². The van der Waals surface area contributed by atoms with Gasteiger partial charge in [0.15, 0.2) is 0 Å². The van der Waals surface area contributed by atoms with Gasteiger partial charge in [-0.3, -0.25) is 4.79 Å². The highest BCUT2D eigenvalue weighted by Gasteiger charge is 2.35. The van der Waals surface area contributed by atoms with Gasteiger partial charge >= 0.3 is 0 Å². The van der Waals surface area contributed by atoms with Crippen molar-refractivity contribution in [2.75, 3.05) is 0 Å². The van der Waals surface area contributed by atoms with E-state index in [-0.39, 0.29) is 6.04 Å². The average molecular weight is 314 g/mol. The van der Waals surface area contributed by atoms with E-state index < -0.39 is 0 Å². The first-order chi connectivity index (χ1) is 11.0. The summed E-state index contributed by atoms with van der Waals surface area (Å²) in [7, 11) is 0. The highest BCUT2D eigenvalue weighted by molar-refractivity contribution is 5.77. The van der Waals surface area contributed by atoms with E-state index in [0.717, 1.165) is 32.2 Å². The molecule has 2 saturated carbocycles. The molecule has 2 aliphatic rings. The molecular weight excluding hydrogens is 284 g/mol. The maximum Gasteiger partial charge on any atom is 0.223 e. The Bertz CT molecular complexity index is 533. The van der Waals surface area contributed by atoms with Gasteiger partial charge in [0.25, 0.3) is 0 Å². The molecule has 0 radical (unpaired) electrons. The summed E-state index contributed by atoms with van der Waals surface area (Å²) in [4.78, 5) is 14.9. The first-order valence-electron chi connectivity index (χ1n) is 9.18. The van der Waals surface area contributed by atoms with Crippen LogP contribution in [0.4, 0.5) is 0 Å². The first-order valence-corrected chi connectivity index (χ1v) is 9.18. The van der Waals surface area contributed by atoms with Crippen LogP contribution in [0.1, 0.15) is 69.4 Å². The summed E-state index contributed by atoms with van der Waals surface area (Å²) in [6.45, 7) is 5.17. The van der Waals surface area contributed by atoms with E-state index >= 15 is 0 Å². The molecule has 0 unspecified atom stereocenters. The van der Waals surface area contributed by atoms with Crippen molar-refractivity contribution in [3.63, 3.8) is 0 Å². The molecule has 1 aromatic carbocycles. The quantitative estimate of drug-likeness (QED) is 0.867. The Morgan fingerprint density at radius 2 is 1.87 bits per heavy atom. The SMILES string of the molecule is CC(C)c1ccc(CN(C(=O)C[C@@H]2CCC[C@H]2N)C2CC2)cc1. The topological polar surface area (TPSA) is 46.3 Å². The van der Waals surface area contributed by atoms with Gasteiger partial charge in [-0.05, 0) is 48.6 Å². The Morgan fingerprint density at radius 1 is 1.17 bits per heavy atom. The second-order valence-corrected chi connectivity index (χ2v) is 7.71. The standard InChI is InChI=1S/C20H30N2O/c1-14(2)16-8-6-15(7-9-16)13-22(18-10-11-18)20(23)12-17-4-3-5-19(17)21/h6-9,14,17-19H,3-5,10-13,21H2,1-2H3/t17-,19+/m0/s1. The summed E-state index contributed by atoms with van der Waals surface area (Å²) in [5.41, 5.74) is 8.74. The van der Waals surface area contributed by atoms with Crippen LogP contribution in [0.3, 0.4) is 0 Å². The van der Waals surface area contributed by atoms with Gasteiger partial charge in [0.1, 0.15) is 0 Å². The van der Waals surface area contributed by atoms with Crippen LogP contribution in [0.2, 0.25) is 0 Å². The van der Waals surface area contributed by atoms with Crippen LogP contribution in [0.15, 0.2) is 24.3 Å². The average Bonchev–Trinajstić information content (AvgIpc) is 3.29. The van der Waals surface area contributed by atoms with E-state index in [0.29, 0.717) is 30.2 Å².